The van der Waals surface area contributed by atoms with Gasteiger partial charge in [0.1, 0.15) is 5.75 Å². The molecule has 0 spiro atoms. The van der Waals surface area contributed by atoms with Crippen molar-refractivity contribution >= 4 is 0 Å². The number of hydrogen-bond acceptors (Lipinski definition) is 3. The first-order valence-corrected chi connectivity index (χ1v) is 5.87. The summed E-state index contributed by atoms with van der Waals surface area (Å²) in [7, 11) is 0. The Bertz CT molecular complexity index is 337. The molecule has 0 aliphatic rings. The van der Waals surface area contributed by atoms with Crippen LogP contribution in [0.5, 0.6) is 5.75 Å². The van der Waals surface area contributed by atoms with Crippen LogP contribution in [0.15, 0.2) is 12.1 Å². The highest BCUT2D eigenvalue weighted by atomic mass is 16.3. The zero-order valence-corrected chi connectivity index (χ0v) is 10.6. The third-order valence-electron chi connectivity index (χ3n) is 2.99. The predicted octanol–water partition coefficient (Wildman–Crippen LogP) is 2.48. The average Bonchev–Trinajstić information content (AvgIpc) is 2.22. The van der Waals surface area contributed by atoms with Crippen molar-refractivity contribution in [2.24, 2.45) is 11.8 Å². The summed E-state index contributed by atoms with van der Waals surface area (Å²) in [4.78, 5) is 4.30. The van der Waals surface area contributed by atoms with Gasteiger partial charge in [-0.3, -0.25) is 4.98 Å². The fourth-order valence-electron chi connectivity index (χ4n) is 1.39. The van der Waals surface area contributed by atoms with E-state index in [9.17, 15) is 5.11 Å². The molecule has 16 heavy (non-hydrogen) atoms. The molecule has 0 aromatic carbocycles. The zero-order valence-electron chi connectivity index (χ0n) is 10.6. The van der Waals surface area contributed by atoms with Gasteiger partial charge in [0.05, 0.1) is 5.69 Å². The van der Waals surface area contributed by atoms with Crippen LogP contribution in [0.4, 0.5) is 0 Å². The van der Waals surface area contributed by atoms with Crippen LogP contribution in [0.1, 0.15) is 32.2 Å². The van der Waals surface area contributed by atoms with E-state index in [1.54, 1.807) is 6.07 Å². The Morgan fingerprint density at radius 3 is 2.62 bits per heavy atom. The van der Waals surface area contributed by atoms with Crippen molar-refractivity contribution in [3.8, 4) is 5.75 Å². The molecule has 0 saturated carbocycles. The monoisotopic (exact) mass is 222 g/mol. The Labute approximate surface area is 97.9 Å². The Balaban J connectivity index is 2.45. The molecular formula is C13H22N2O. The summed E-state index contributed by atoms with van der Waals surface area (Å²) in [6, 6.07) is 3.51. The number of nitrogens with zero attached hydrogens (tertiary/aromatic N) is 1. The van der Waals surface area contributed by atoms with Crippen LogP contribution in [-0.2, 0) is 6.54 Å². The van der Waals surface area contributed by atoms with Crippen molar-refractivity contribution in [3.63, 3.8) is 0 Å². The number of rotatable bonds is 5. The van der Waals surface area contributed by atoms with Crippen molar-refractivity contribution < 1.29 is 5.11 Å². The van der Waals surface area contributed by atoms with Crippen molar-refractivity contribution in [1.29, 1.82) is 0 Å². The Morgan fingerprint density at radius 2 is 2.00 bits per heavy atom. The SMILES string of the molecule is Cc1ccc(O)c(CNCC(C)C(C)C)n1. The van der Waals surface area contributed by atoms with Crippen molar-refractivity contribution in [2.45, 2.75) is 34.2 Å². The van der Waals surface area contributed by atoms with Crippen LogP contribution in [0.2, 0.25) is 0 Å². The van der Waals surface area contributed by atoms with Gasteiger partial charge in [0.15, 0.2) is 0 Å². The first-order chi connectivity index (χ1) is 7.50. The van der Waals surface area contributed by atoms with Gasteiger partial charge in [0, 0.05) is 12.2 Å². The molecule has 0 bridgehead atoms. The minimum atomic E-state index is 0.273. The summed E-state index contributed by atoms with van der Waals surface area (Å²) in [6.07, 6.45) is 0. The van der Waals surface area contributed by atoms with Crippen molar-refractivity contribution in [1.82, 2.24) is 10.3 Å². The van der Waals surface area contributed by atoms with Crippen LogP contribution in [0.3, 0.4) is 0 Å². The van der Waals surface area contributed by atoms with Gasteiger partial charge in [-0.05, 0) is 37.4 Å². The third-order valence-corrected chi connectivity index (χ3v) is 2.99. The fourth-order valence-corrected chi connectivity index (χ4v) is 1.39. The Morgan fingerprint density at radius 1 is 1.31 bits per heavy atom. The first kappa shape index (κ1) is 13.0. The van der Waals surface area contributed by atoms with E-state index in [4.69, 9.17) is 0 Å². The van der Waals surface area contributed by atoms with Gasteiger partial charge in [-0.25, -0.2) is 0 Å². The number of nitrogens with one attached hydrogen (secondary N) is 1. The normalized spacial score (nSPS) is 13.1. The van der Waals surface area contributed by atoms with Crippen LogP contribution in [0.25, 0.3) is 0 Å². The summed E-state index contributed by atoms with van der Waals surface area (Å²) >= 11 is 0. The molecule has 0 saturated heterocycles. The number of aromatic hydroxyl groups is 1. The van der Waals surface area contributed by atoms with Gasteiger partial charge in [-0.1, -0.05) is 20.8 Å². The highest BCUT2D eigenvalue weighted by molar-refractivity contribution is 5.27. The lowest BCUT2D eigenvalue weighted by Crippen LogP contribution is -2.24. The molecule has 0 radical (unpaired) electrons. The molecule has 3 nitrogen and oxygen atoms in total. The highest BCUT2D eigenvalue weighted by Gasteiger charge is 2.07. The summed E-state index contributed by atoms with van der Waals surface area (Å²) in [5, 5.41) is 12.9. The molecule has 1 heterocycles. The van der Waals surface area contributed by atoms with Crippen molar-refractivity contribution in [3.05, 3.63) is 23.5 Å². The van der Waals surface area contributed by atoms with E-state index in [-0.39, 0.29) is 5.75 Å². The molecule has 90 valence electrons. The lowest BCUT2D eigenvalue weighted by Gasteiger charge is -2.16. The maximum Gasteiger partial charge on any atom is 0.138 e. The van der Waals surface area contributed by atoms with E-state index in [1.807, 2.05) is 13.0 Å². The predicted molar refractivity (Wildman–Crippen MR) is 66.3 cm³/mol. The fraction of sp³-hybridized carbons (Fsp3) is 0.615. The maximum atomic E-state index is 9.61. The summed E-state index contributed by atoms with van der Waals surface area (Å²) in [5.41, 5.74) is 1.67. The standard InChI is InChI=1S/C13H22N2O/c1-9(2)10(3)7-14-8-12-13(16)6-5-11(4)15-12/h5-6,9-10,14,16H,7-8H2,1-4H3. The van der Waals surface area contributed by atoms with Crippen LogP contribution in [0, 0.1) is 18.8 Å². The smallest absolute Gasteiger partial charge is 0.138 e. The Kier molecular flexibility index (Phi) is 4.74. The maximum absolute atomic E-state index is 9.61. The van der Waals surface area contributed by atoms with E-state index in [2.05, 4.69) is 31.1 Å². The van der Waals surface area contributed by atoms with Crippen LogP contribution >= 0.6 is 0 Å². The number of pyridine rings is 1. The molecule has 1 rings (SSSR count). The van der Waals surface area contributed by atoms with Crippen molar-refractivity contribution in [2.75, 3.05) is 6.54 Å². The summed E-state index contributed by atoms with van der Waals surface area (Å²) in [6.45, 7) is 10.2. The quantitative estimate of drug-likeness (QED) is 0.804. The van der Waals surface area contributed by atoms with Crippen LogP contribution in [-0.4, -0.2) is 16.6 Å². The van der Waals surface area contributed by atoms with Crippen LogP contribution < -0.4 is 5.32 Å². The number of hydrogen-bond donors (Lipinski definition) is 2. The second kappa shape index (κ2) is 5.85. The molecule has 1 unspecified atom stereocenters. The molecule has 3 heteroatoms. The van der Waals surface area contributed by atoms with Gasteiger partial charge in [0.25, 0.3) is 0 Å². The lowest BCUT2D eigenvalue weighted by atomic mass is 9.98. The average molecular weight is 222 g/mol. The number of aryl methyl sites for hydroxylation is 1. The molecule has 2 N–H and O–H groups in total. The second-order valence-electron chi connectivity index (χ2n) is 4.77. The van der Waals surface area contributed by atoms with E-state index in [1.165, 1.54) is 0 Å². The van der Waals surface area contributed by atoms with E-state index in [0.717, 1.165) is 17.9 Å². The molecule has 0 aliphatic heterocycles. The van der Waals surface area contributed by atoms with E-state index in [0.29, 0.717) is 18.4 Å². The largest absolute Gasteiger partial charge is 0.506 e. The van der Waals surface area contributed by atoms with Gasteiger partial charge in [-0.2, -0.15) is 0 Å². The molecule has 0 fully saturated rings. The first-order valence-electron chi connectivity index (χ1n) is 5.87. The van der Waals surface area contributed by atoms with Gasteiger partial charge in [-0.15, -0.1) is 0 Å². The second-order valence-corrected chi connectivity index (χ2v) is 4.77. The summed E-state index contributed by atoms with van der Waals surface area (Å²) < 4.78 is 0. The molecule has 1 aromatic heterocycles. The van der Waals surface area contributed by atoms with Gasteiger partial charge in [0.2, 0.25) is 0 Å². The molecule has 0 amide bonds. The molecular weight excluding hydrogens is 200 g/mol. The highest BCUT2D eigenvalue weighted by Crippen LogP contribution is 2.14. The van der Waals surface area contributed by atoms with E-state index >= 15 is 0 Å². The molecule has 0 aliphatic carbocycles. The van der Waals surface area contributed by atoms with E-state index < -0.39 is 0 Å². The molecule has 1 atom stereocenters. The molecule has 1 aromatic rings. The zero-order chi connectivity index (χ0) is 12.1. The lowest BCUT2D eigenvalue weighted by molar-refractivity contribution is 0.388. The topological polar surface area (TPSA) is 45.1 Å². The minimum absolute atomic E-state index is 0.273. The van der Waals surface area contributed by atoms with Gasteiger partial charge < -0.3 is 10.4 Å². The summed E-state index contributed by atoms with van der Waals surface area (Å²) in [5.74, 6) is 1.58. The third kappa shape index (κ3) is 3.81. The van der Waals surface area contributed by atoms with Gasteiger partial charge >= 0.3 is 0 Å². The Hall–Kier alpha value is -1.09. The minimum Gasteiger partial charge on any atom is -0.506 e. The number of aromatic nitrogens is 1.